The summed E-state index contributed by atoms with van der Waals surface area (Å²) in [5, 5.41) is 0. The van der Waals surface area contributed by atoms with Gasteiger partial charge in [0.05, 0.1) is 6.54 Å². The molecule has 1 aliphatic carbocycles. The van der Waals surface area contributed by atoms with Crippen LogP contribution in [0, 0.1) is 5.92 Å². The van der Waals surface area contributed by atoms with Crippen molar-refractivity contribution in [2.45, 2.75) is 18.9 Å². The smallest absolute Gasteiger partial charge is 0.269 e. The predicted molar refractivity (Wildman–Crippen MR) is 61.1 cm³/mol. The summed E-state index contributed by atoms with van der Waals surface area (Å²) in [4.78, 5) is 30.7. The van der Waals surface area contributed by atoms with Crippen molar-refractivity contribution in [3.05, 3.63) is 0 Å². The minimum atomic E-state index is -0.400. The highest BCUT2D eigenvalue weighted by Crippen LogP contribution is 2.30. The fourth-order valence-electron chi connectivity index (χ4n) is 2.29. The summed E-state index contributed by atoms with van der Waals surface area (Å²) >= 11 is 0. The van der Waals surface area contributed by atoms with Gasteiger partial charge in [-0.2, -0.15) is 0 Å². The summed E-state index contributed by atoms with van der Waals surface area (Å²) in [5.74, 6) is 1.06. The molecule has 2 fully saturated rings. The van der Waals surface area contributed by atoms with Crippen LogP contribution in [0.5, 0.6) is 0 Å². The van der Waals surface area contributed by atoms with E-state index in [0.29, 0.717) is 11.8 Å². The number of carbonyl (C=O) groups is 2. The SMILES string of the molecule is CN1C(=O)C2C(=NC=[N+]2CC2CC2)N(C)C1=O. The van der Waals surface area contributed by atoms with Gasteiger partial charge in [0.25, 0.3) is 24.1 Å². The third kappa shape index (κ3) is 1.47. The van der Waals surface area contributed by atoms with E-state index < -0.39 is 6.04 Å². The zero-order chi connectivity index (χ0) is 12.2. The second-order valence-corrected chi connectivity index (χ2v) is 4.88. The minimum absolute atomic E-state index is 0.179. The maximum atomic E-state index is 12.1. The average Bonchev–Trinajstić information content (AvgIpc) is 3.02. The summed E-state index contributed by atoms with van der Waals surface area (Å²) in [6.07, 6.45) is 4.15. The first kappa shape index (κ1) is 10.4. The van der Waals surface area contributed by atoms with E-state index >= 15 is 0 Å². The monoisotopic (exact) mass is 235 g/mol. The van der Waals surface area contributed by atoms with Crippen LogP contribution in [0.15, 0.2) is 4.99 Å². The summed E-state index contributed by atoms with van der Waals surface area (Å²) in [5.41, 5.74) is 0. The molecule has 1 unspecified atom stereocenters. The van der Waals surface area contributed by atoms with Gasteiger partial charge in [0.15, 0.2) is 0 Å². The highest BCUT2D eigenvalue weighted by Gasteiger charge is 2.51. The van der Waals surface area contributed by atoms with Crippen LogP contribution < -0.4 is 0 Å². The molecule has 0 radical (unpaired) electrons. The van der Waals surface area contributed by atoms with Gasteiger partial charge in [-0.25, -0.2) is 9.37 Å². The molecular formula is C11H15N4O2+. The van der Waals surface area contributed by atoms with Gasteiger partial charge in [-0.1, -0.05) is 0 Å². The van der Waals surface area contributed by atoms with Gasteiger partial charge in [0, 0.05) is 14.1 Å². The molecule has 0 spiro atoms. The van der Waals surface area contributed by atoms with E-state index in [1.807, 2.05) is 4.58 Å². The van der Waals surface area contributed by atoms with Crippen molar-refractivity contribution in [2.24, 2.45) is 10.9 Å². The van der Waals surface area contributed by atoms with E-state index in [1.54, 1.807) is 13.4 Å². The molecule has 3 rings (SSSR count). The third-order valence-electron chi connectivity index (χ3n) is 3.56. The van der Waals surface area contributed by atoms with Crippen LogP contribution >= 0.6 is 0 Å². The van der Waals surface area contributed by atoms with E-state index in [4.69, 9.17) is 0 Å². The molecule has 0 N–H and O–H groups in total. The minimum Gasteiger partial charge on any atom is -0.269 e. The van der Waals surface area contributed by atoms with Gasteiger partial charge in [0.1, 0.15) is 0 Å². The van der Waals surface area contributed by atoms with Gasteiger partial charge in [-0.3, -0.25) is 14.6 Å². The summed E-state index contributed by atoms with van der Waals surface area (Å²) < 4.78 is 1.95. The molecular weight excluding hydrogens is 220 g/mol. The largest absolute Gasteiger partial charge is 0.333 e. The van der Waals surface area contributed by atoms with Gasteiger partial charge < -0.3 is 0 Å². The van der Waals surface area contributed by atoms with E-state index in [-0.39, 0.29) is 11.9 Å². The summed E-state index contributed by atoms with van der Waals surface area (Å²) in [6.45, 7) is 0.860. The highest BCUT2D eigenvalue weighted by molar-refractivity contribution is 6.21. The molecule has 1 saturated heterocycles. The molecule has 0 aromatic rings. The Hall–Kier alpha value is -1.72. The maximum absolute atomic E-state index is 12.1. The van der Waals surface area contributed by atoms with Gasteiger partial charge >= 0.3 is 6.03 Å². The van der Waals surface area contributed by atoms with Crippen LogP contribution in [-0.2, 0) is 4.79 Å². The number of hydrogen-bond donors (Lipinski definition) is 0. The first-order valence-electron chi connectivity index (χ1n) is 5.81. The number of rotatable bonds is 2. The fraction of sp³-hybridized carbons (Fsp3) is 0.636. The van der Waals surface area contributed by atoms with Gasteiger partial charge in [-0.15, -0.1) is 0 Å². The standard InChI is InChI=1S/C11H15N4O2/c1-13-9-8(10(16)14(2)11(13)17)15(6-12-9)5-7-3-4-7/h6-8H,3-5H2,1-2H3/q+1. The molecule has 2 heterocycles. The molecule has 3 aliphatic rings. The normalized spacial score (nSPS) is 28.2. The van der Waals surface area contributed by atoms with Crippen LogP contribution in [-0.4, -0.2) is 65.2 Å². The molecule has 0 bridgehead atoms. The number of hydrogen-bond acceptors (Lipinski definition) is 3. The molecule has 1 atom stereocenters. The zero-order valence-electron chi connectivity index (χ0n) is 9.96. The Morgan fingerprint density at radius 3 is 2.71 bits per heavy atom. The van der Waals surface area contributed by atoms with Crippen molar-refractivity contribution in [1.82, 2.24) is 9.80 Å². The Labute approximate surface area is 99.2 Å². The van der Waals surface area contributed by atoms with Crippen LogP contribution in [0.4, 0.5) is 4.79 Å². The molecule has 0 aromatic heterocycles. The van der Waals surface area contributed by atoms with Crippen molar-refractivity contribution >= 4 is 24.1 Å². The summed E-state index contributed by atoms with van der Waals surface area (Å²) in [7, 11) is 3.18. The van der Waals surface area contributed by atoms with Crippen LogP contribution in [0.3, 0.4) is 0 Å². The molecule has 90 valence electrons. The lowest BCUT2D eigenvalue weighted by Crippen LogP contribution is -2.61. The van der Waals surface area contributed by atoms with Gasteiger partial charge in [0.2, 0.25) is 0 Å². The lowest BCUT2D eigenvalue weighted by Gasteiger charge is -2.30. The Kier molecular flexibility index (Phi) is 2.08. The van der Waals surface area contributed by atoms with Crippen molar-refractivity contribution in [3.8, 4) is 0 Å². The Morgan fingerprint density at radius 2 is 2.06 bits per heavy atom. The van der Waals surface area contributed by atoms with Crippen molar-refractivity contribution in [3.63, 3.8) is 0 Å². The van der Waals surface area contributed by atoms with Gasteiger partial charge in [-0.05, 0) is 23.8 Å². The fourth-order valence-corrected chi connectivity index (χ4v) is 2.29. The molecule has 2 aliphatic heterocycles. The highest BCUT2D eigenvalue weighted by atomic mass is 16.2. The number of urea groups is 1. The number of imide groups is 1. The van der Waals surface area contributed by atoms with Crippen molar-refractivity contribution < 1.29 is 14.2 Å². The molecule has 6 nitrogen and oxygen atoms in total. The molecule has 0 aromatic carbocycles. The van der Waals surface area contributed by atoms with Crippen LogP contribution in [0.25, 0.3) is 0 Å². The Balaban J connectivity index is 1.88. The van der Waals surface area contributed by atoms with Crippen molar-refractivity contribution in [2.75, 3.05) is 20.6 Å². The number of carbonyl (C=O) groups excluding carboxylic acids is 2. The van der Waals surface area contributed by atoms with Crippen LogP contribution in [0.1, 0.15) is 12.8 Å². The lowest BCUT2D eigenvalue weighted by molar-refractivity contribution is -0.534. The predicted octanol–water partition coefficient (Wildman–Crippen LogP) is -0.258. The number of amides is 3. The summed E-state index contributed by atoms with van der Waals surface area (Å²) in [6, 6.07) is -0.713. The first-order valence-corrected chi connectivity index (χ1v) is 5.81. The van der Waals surface area contributed by atoms with Crippen molar-refractivity contribution in [1.29, 1.82) is 0 Å². The molecule has 6 heteroatoms. The number of likely N-dealkylation sites (N-methyl/N-ethyl adjacent to an activating group) is 2. The van der Waals surface area contributed by atoms with E-state index in [9.17, 15) is 9.59 Å². The zero-order valence-corrected chi connectivity index (χ0v) is 9.96. The third-order valence-corrected chi connectivity index (χ3v) is 3.56. The lowest BCUT2D eigenvalue weighted by atomic mass is 10.1. The quantitative estimate of drug-likeness (QED) is 0.619. The number of nitrogens with zero attached hydrogens (tertiary/aromatic N) is 4. The van der Waals surface area contributed by atoms with E-state index in [1.165, 1.54) is 29.7 Å². The molecule has 17 heavy (non-hydrogen) atoms. The van der Waals surface area contributed by atoms with E-state index in [2.05, 4.69) is 4.99 Å². The number of fused-ring (bicyclic) bond motifs is 1. The number of aliphatic imine (C=N–C) groups is 1. The molecule has 1 saturated carbocycles. The van der Waals surface area contributed by atoms with E-state index in [0.717, 1.165) is 6.54 Å². The van der Waals surface area contributed by atoms with Crippen LogP contribution in [0.2, 0.25) is 0 Å². The average molecular weight is 235 g/mol. The topological polar surface area (TPSA) is 56.0 Å². The second-order valence-electron chi connectivity index (χ2n) is 4.88. The first-order chi connectivity index (χ1) is 8.09. The second kappa shape index (κ2) is 3.38. The Morgan fingerprint density at radius 1 is 1.35 bits per heavy atom. The number of amidine groups is 1. The molecule has 3 amide bonds. The Bertz CT molecular complexity index is 464. The maximum Gasteiger partial charge on any atom is 0.333 e.